The predicted octanol–water partition coefficient (Wildman–Crippen LogP) is 4.04. The van der Waals surface area contributed by atoms with E-state index in [-0.39, 0.29) is 34.9 Å². The van der Waals surface area contributed by atoms with Gasteiger partial charge in [0.15, 0.2) is 0 Å². The molecule has 3 N–H and O–H groups in total. The first-order valence-corrected chi connectivity index (χ1v) is 12.7. The number of nitrogens with two attached hydrogens (primary N) is 1. The Morgan fingerprint density at radius 1 is 1.08 bits per heavy atom. The van der Waals surface area contributed by atoms with Gasteiger partial charge in [0.1, 0.15) is 18.5 Å². The van der Waals surface area contributed by atoms with Crippen molar-refractivity contribution in [2.24, 2.45) is 17.6 Å². The Morgan fingerprint density at radius 2 is 1.78 bits per heavy atom. The molecule has 37 heavy (non-hydrogen) atoms. The summed E-state index contributed by atoms with van der Waals surface area (Å²) >= 11 is 0. The largest absolute Gasteiger partial charge is 0.465 e. The maximum absolute atomic E-state index is 14.8. The average molecular weight is 514 g/mol. The van der Waals surface area contributed by atoms with Gasteiger partial charge in [0.2, 0.25) is 11.8 Å². The van der Waals surface area contributed by atoms with Gasteiger partial charge in [-0.15, -0.1) is 0 Å². The van der Waals surface area contributed by atoms with E-state index in [0.717, 1.165) is 11.6 Å². The normalized spacial score (nSPS) is 24.4. The molecular weight excluding hydrogens is 480 g/mol. The number of ether oxygens (including phenoxy) is 1. The Kier molecular flexibility index (Phi) is 8.53. The van der Waals surface area contributed by atoms with Crippen molar-refractivity contribution < 1.29 is 27.9 Å². The number of carbonyl (C=O) groups excluding carboxylic acids is 3. The molecule has 1 aliphatic heterocycles. The average Bonchev–Trinajstić information content (AvgIpc) is 3.39. The molecule has 2 fully saturated rings. The molecule has 1 saturated carbocycles. The molecule has 7 nitrogen and oxygen atoms in total. The van der Waals surface area contributed by atoms with Crippen LogP contribution in [0.1, 0.15) is 53.9 Å². The number of alkyl halides is 1. The Hall–Kier alpha value is -3.33. The van der Waals surface area contributed by atoms with E-state index in [4.69, 9.17) is 5.73 Å². The fourth-order valence-electron chi connectivity index (χ4n) is 5.64. The van der Waals surface area contributed by atoms with Gasteiger partial charge in [-0.25, -0.2) is 13.6 Å². The highest BCUT2D eigenvalue weighted by Gasteiger charge is 2.45. The molecule has 9 heteroatoms. The summed E-state index contributed by atoms with van der Waals surface area (Å²) < 4.78 is 32.4. The molecule has 198 valence electrons. The minimum Gasteiger partial charge on any atom is -0.465 e. The summed E-state index contributed by atoms with van der Waals surface area (Å²) in [6.45, 7) is -0.169. The lowest BCUT2D eigenvalue weighted by Crippen LogP contribution is -2.48. The summed E-state index contributed by atoms with van der Waals surface area (Å²) in [5.74, 6) is -2.51. The molecule has 2 aromatic carbocycles. The van der Waals surface area contributed by atoms with Crippen molar-refractivity contribution in [3.05, 3.63) is 65.5 Å². The highest BCUT2D eigenvalue weighted by molar-refractivity contribution is 5.99. The number of nitrogens with zero attached hydrogens (tertiary/aromatic N) is 1. The van der Waals surface area contributed by atoms with Gasteiger partial charge >= 0.3 is 5.97 Å². The van der Waals surface area contributed by atoms with Gasteiger partial charge in [0.25, 0.3) is 0 Å². The molecule has 1 aliphatic carbocycles. The highest BCUT2D eigenvalue weighted by Crippen LogP contribution is 2.38. The topological polar surface area (TPSA) is 102 Å². The second kappa shape index (κ2) is 11.8. The molecule has 1 saturated heterocycles. The van der Waals surface area contributed by atoms with Crippen molar-refractivity contribution in [1.29, 1.82) is 0 Å². The smallest absolute Gasteiger partial charge is 0.337 e. The van der Waals surface area contributed by atoms with Crippen molar-refractivity contribution in [3.8, 4) is 0 Å². The highest BCUT2D eigenvalue weighted by atomic mass is 19.1. The number of hydrogen-bond donors (Lipinski definition) is 2. The summed E-state index contributed by atoms with van der Waals surface area (Å²) in [5.41, 5.74) is 6.75. The van der Waals surface area contributed by atoms with Crippen LogP contribution in [0.2, 0.25) is 0 Å². The summed E-state index contributed by atoms with van der Waals surface area (Å²) in [7, 11) is 1.20. The van der Waals surface area contributed by atoms with Gasteiger partial charge in [-0.3, -0.25) is 9.59 Å². The summed E-state index contributed by atoms with van der Waals surface area (Å²) in [6, 6.07) is 11.9. The maximum Gasteiger partial charge on any atom is 0.337 e. The van der Waals surface area contributed by atoms with Crippen molar-refractivity contribution in [3.63, 3.8) is 0 Å². The van der Waals surface area contributed by atoms with Crippen LogP contribution in [-0.4, -0.2) is 55.1 Å². The van der Waals surface area contributed by atoms with E-state index < -0.39 is 36.5 Å². The molecule has 2 amide bonds. The number of hydrogen-bond acceptors (Lipinski definition) is 5. The zero-order valence-corrected chi connectivity index (χ0v) is 20.9. The summed E-state index contributed by atoms with van der Waals surface area (Å²) in [5, 5.41) is 2.64. The Bertz CT molecular complexity index is 1120. The van der Waals surface area contributed by atoms with Crippen LogP contribution in [0, 0.1) is 17.7 Å². The monoisotopic (exact) mass is 513 g/mol. The summed E-state index contributed by atoms with van der Waals surface area (Å²) in [6.07, 6.45) is 3.14. The number of anilines is 1. The lowest BCUT2D eigenvalue weighted by Gasteiger charge is -2.35. The maximum atomic E-state index is 14.8. The number of amides is 2. The molecular formula is C28H33F2N3O4. The SMILES string of the molecule is COC(=O)c1ccc(NC(=O)[C@@H]2[C@@H](c3ccccc3)CCN2C(=O)C2CCC(C(N)CF)CC2)c(F)c1. The van der Waals surface area contributed by atoms with Gasteiger partial charge < -0.3 is 20.7 Å². The molecule has 0 radical (unpaired) electrons. The van der Waals surface area contributed by atoms with E-state index in [1.807, 2.05) is 30.3 Å². The van der Waals surface area contributed by atoms with Crippen LogP contribution in [0.15, 0.2) is 48.5 Å². The van der Waals surface area contributed by atoms with Gasteiger partial charge in [-0.1, -0.05) is 30.3 Å². The Morgan fingerprint density at radius 3 is 2.41 bits per heavy atom. The van der Waals surface area contributed by atoms with Crippen molar-refractivity contribution in [2.45, 2.75) is 50.1 Å². The van der Waals surface area contributed by atoms with Crippen molar-refractivity contribution in [2.75, 3.05) is 25.6 Å². The fraction of sp³-hybridized carbons (Fsp3) is 0.464. The van der Waals surface area contributed by atoms with Gasteiger partial charge in [0, 0.05) is 24.4 Å². The molecule has 2 aromatic rings. The standard InChI is InChI=1S/C28H33F2N3O4/c1-37-28(36)20-11-12-24(22(30)15-20)32-26(34)25-21(17-5-3-2-4-6-17)13-14-33(25)27(35)19-9-7-18(8-10-19)23(31)16-29/h2-6,11-12,15,18-19,21,23,25H,7-10,13-14,16,31H2,1H3,(H,32,34)/t18?,19?,21-,23?,25+/m1/s1. The number of likely N-dealkylation sites (tertiary alicyclic amines) is 1. The van der Waals surface area contributed by atoms with E-state index in [1.54, 1.807) is 4.90 Å². The number of esters is 1. The van der Waals surface area contributed by atoms with Gasteiger partial charge in [-0.2, -0.15) is 0 Å². The second-order valence-corrected chi connectivity index (χ2v) is 9.89. The van der Waals surface area contributed by atoms with Crippen LogP contribution < -0.4 is 11.1 Å². The first-order chi connectivity index (χ1) is 17.8. The quantitative estimate of drug-likeness (QED) is 0.544. The number of methoxy groups -OCH3 is 1. The second-order valence-electron chi connectivity index (χ2n) is 9.89. The minimum absolute atomic E-state index is 0.0286. The molecule has 1 unspecified atom stereocenters. The molecule has 0 bridgehead atoms. The van der Waals surface area contributed by atoms with Gasteiger partial charge in [0.05, 0.1) is 18.4 Å². The van der Waals surface area contributed by atoms with Crippen molar-refractivity contribution >= 4 is 23.5 Å². The first kappa shape index (κ1) is 26.7. The van der Waals surface area contributed by atoms with E-state index >= 15 is 0 Å². The fourth-order valence-corrected chi connectivity index (χ4v) is 5.64. The molecule has 2 aliphatic rings. The van der Waals surface area contributed by atoms with E-state index in [9.17, 15) is 23.2 Å². The van der Waals surface area contributed by atoms with Crippen LogP contribution in [0.3, 0.4) is 0 Å². The van der Waals surface area contributed by atoms with E-state index in [0.29, 0.717) is 38.6 Å². The van der Waals surface area contributed by atoms with Crippen LogP contribution in [0.4, 0.5) is 14.5 Å². The minimum atomic E-state index is -0.819. The molecule has 0 aromatic heterocycles. The third kappa shape index (κ3) is 5.82. The molecule has 4 rings (SSSR count). The number of benzene rings is 2. The number of halogens is 2. The molecule has 1 heterocycles. The summed E-state index contributed by atoms with van der Waals surface area (Å²) in [4.78, 5) is 40.5. The first-order valence-electron chi connectivity index (χ1n) is 12.7. The van der Waals surface area contributed by atoms with Crippen LogP contribution in [0.25, 0.3) is 0 Å². The van der Waals surface area contributed by atoms with E-state index in [2.05, 4.69) is 10.1 Å². The number of carbonyl (C=O) groups is 3. The molecule has 3 atom stereocenters. The number of nitrogens with one attached hydrogen (secondary N) is 1. The van der Waals surface area contributed by atoms with Crippen molar-refractivity contribution in [1.82, 2.24) is 4.90 Å². The number of rotatable bonds is 7. The van der Waals surface area contributed by atoms with Gasteiger partial charge in [-0.05, 0) is 61.8 Å². The third-order valence-corrected chi connectivity index (χ3v) is 7.73. The predicted molar refractivity (Wildman–Crippen MR) is 135 cm³/mol. The Balaban J connectivity index is 1.55. The Labute approximate surface area is 215 Å². The lowest BCUT2D eigenvalue weighted by atomic mass is 9.78. The zero-order valence-electron chi connectivity index (χ0n) is 20.9. The van der Waals surface area contributed by atoms with Crippen LogP contribution in [0.5, 0.6) is 0 Å². The third-order valence-electron chi connectivity index (χ3n) is 7.73. The lowest BCUT2D eigenvalue weighted by molar-refractivity contribution is -0.141. The van der Waals surface area contributed by atoms with E-state index in [1.165, 1.54) is 19.2 Å². The molecule has 0 spiro atoms. The van der Waals surface area contributed by atoms with Crippen LogP contribution in [-0.2, 0) is 14.3 Å². The zero-order chi connectivity index (χ0) is 26.5. The van der Waals surface area contributed by atoms with Crippen LogP contribution >= 0.6 is 0 Å².